The smallest absolute Gasteiger partial charge is 0.263 e. The van der Waals surface area contributed by atoms with E-state index in [1.807, 2.05) is 0 Å². The normalized spacial score (nSPS) is 12.5. The van der Waals surface area contributed by atoms with Crippen LogP contribution >= 0.6 is 0 Å². The molecule has 0 bridgehead atoms. The standard InChI is InChI=1S/C17H11F7N6/c18-11-3-1-10(2-4-11)13-7-14(17(22,23)24)27-15(26-13)28-25-8-12-5-6-30(29-12)9-16(19,20)21/h1-8H,9H2,(H,26,27,28)/b25-8+. The maximum Gasteiger partial charge on any atom is 0.433 e. The highest BCUT2D eigenvalue weighted by Gasteiger charge is 2.34. The molecule has 2 heterocycles. The summed E-state index contributed by atoms with van der Waals surface area (Å²) in [5.74, 6) is -1.09. The van der Waals surface area contributed by atoms with Crippen molar-refractivity contribution in [1.82, 2.24) is 19.7 Å². The third kappa shape index (κ3) is 5.75. The van der Waals surface area contributed by atoms with Crippen molar-refractivity contribution < 1.29 is 30.7 Å². The first-order chi connectivity index (χ1) is 14.0. The molecule has 0 saturated heterocycles. The number of rotatable bonds is 5. The molecule has 1 N–H and O–H groups in total. The zero-order valence-electron chi connectivity index (χ0n) is 14.7. The number of benzene rings is 1. The van der Waals surface area contributed by atoms with Crippen molar-refractivity contribution in [2.75, 3.05) is 5.43 Å². The van der Waals surface area contributed by atoms with Crippen molar-refractivity contribution in [3.63, 3.8) is 0 Å². The first-order valence-electron chi connectivity index (χ1n) is 8.11. The van der Waals surface area contributed by atoms with E-state index in [0.717, 1.165) is 24.5 Å². The van der Waals surface area contributed by atoms with E-state index in [-0.39, 0.29) is 17.0 Å². The molecule has 0 aliphatic heterocycles. The maximum absolute atomic E-state index is 13.1. The fraction of sp³-hybridized carbons (Fsp3) is 0.176. The van der Waals surface area contributed by atoms with Crippen LogP contribution in [0.25, 0.3) is 11.3 Å². The predicted molar refractivity (Wildman–Crippen MR) is 91.9 cm³/mol. The lowest BCUT2D eigenvalue weighted by Gasteiger charge is -2.10. The SMILES string of the molecule is Fc1ccc(-c2cc(C(F)(F)F)nc(N/N=C/c3ccn(CC(F)(F)F)n3)n2)cc1. The van der Waals surface area contributed by atoms with E-state index >= 15 is 0 Å². The third-order valence-electron chi connectivity index (χ3n) is 3.52. The highest BCUT2D eigenvalue weighted by Crippen LogP contribution is 2.31. The van der Waals surface area contributed by atoms with Crippen LogP contribution in [0.4, 0.5) is 36.7 Å². The molecule has 0 fully saturated rings. The molecule has 0 amide bonds. The lowest BCUT2D eigenvalue weighted by Crippen LogP contribution is -2.18. The van der Waals surface area contributed by atoms with Crippen molar-refractivity contribution in [3.8, 4) is 11.3 Å². The molecule has 0 aliphatic rings. The second kappa shape index (κ2) is 8.08. The Bertz CT molecular complexity index is 1040. The summed E-state index contributed by atoms with van der Waals surface area (Å²) in [6.45, 7) is -1.30. The molecule has 3 aromatic rings. The van der Waals surface area contributed by atoms with Gasteiger partial charge in [-0.2, -0.15) is 36.5 Å². The molecular formula is C17H11F7N6. The number of halogens is 7. The summed E-state index contributed by atoms with van der Waals surface area (Å²) in [7, 11) is 0. The largest absolute Gasteiger partial charge is 0.433 e. The molecule has 0 spiro atoms. The summed E-state index contributed by atoms with van der Waals surface area (Å²) in [6.07, 6.45) is -7.17. The van der Waals surface area contributed by atoms with Crippen LogP contribution in [-0.4, -0.2) is 32.1 Å². The molecule has 0 radical (unpaired) electrons. The lowest BCUT2D eigenvalue weighted by atomic mass is 10.1. The highest BCUT2D eigenvalue weighted by atomic mass is 19.4. The minimum atomic E-state index is -4.78. The summed E-state index contributed by atoms with van der Waals surface area (Å²) in [4.78, 5) is 7.22. The predicted octanol–water partition coefficient (Wildman–Crippen LogP) is 4.51. The van der Waals surface area contributed by atoms with E-state index in [1.54, 1.807) is 0 Å². The zero-order valence-corrected chi connectivity index (χ0v) is 14.7. The van der Waals surface area contributed by atoms with Gasteiger partial charge in [0.15, 0.2) is 5.69 Å². The molecule has 30 heavy (non-hydrogen) atoms. The van der Waals surface area contributed by atoms with Crippen molar-refractivity contribution in [2.45, 2.75) is 18.9 Å². The average molecular weight is 432 g/mol. The minimum Gasteiger partial charge on any atom is -0.263 e. The number of anilines is 1. The summed E-state index contributed by atoms with van der Waals surface area (Å²) in [5, 5.41) is 7.22. The molecule has 13 heteroatoms. The lowest BCUT2D eigenvalue weighted by molar-refractivity contribution is -0.143. The van der Waals surface area contributed by atoms with Crippen LogP contribution in [0.2, 0.25) is 0 Å². The van der Waals surface area contributed by atoms with E-state index in [0.29, 0.717) is 10.7 Å². The van der Waals surface area contributed by atoms with Gasteiger partial charge >= 0.3 is 12.4 Å². The van der Waals surface area contributed by atoms with Gasteiger partial charge in [-0.15, -0.1) is 0 Å². The van der Waals surface area contributed by atoms with Crippen molar-refractivity contribution in [1.29, 1.82) is 0 Å². The number of alkyl halides is 6. The van der Waals surface area contributed by atoms with Crippen LogP contribution in [0, 0.1) is 5.82 Å². The topological polar surface area (TPSA) is 68.0 Å². The van der Waals surface area contributed by atoms with E-state index in [2.05, 4.69) is 25.6 Å². The van der Waals surface area contributed by atoms with Crippen molar-refractivity contribution in [3.05, 3.63) is 59.8 Å². The summed E-state index contributed by atoms with van der Waals surface area (Å²) in [6, 6.07) is 6.55. The molecule has 158 valence electrons. The number of nitrogens with zero attached hydrogens (tertiary/aromatic N) is 5. The fourth-order valence-corrected chi connectivity index (χ4v) is 2.29. The minimum absolute atomic E-state index is 0.0254. The molecule has 6 nitrogen and oxygen atoms in total. The monoisotopic (exact) mass is 432 g/mol. The van der Waals surface area contributed by atoms with Gasteiger partial charge in [-0.3, -0.25) is 4.68 Å². The third-order valence-corrected chi connectivity index (χ3v) is 3.52. The molecule has 0 unspecified atom stereocenters. The van der Waals surface area contributed by atoms with Crippen molar-refractivity contribution in [2.24, 2.45) is 5.10 Å². The first-order valence-corrected chi connectivity index (χ1v) is 8.11. The van der Waals surface area contributed by atoms with E-state index in [1.165, 1.54) is 18.2 Å². The summed E-state index contributed by atoms with van der Waals surface area (Å²) >= 11 is 0. The second-order valence-corrected chi connectivity index (χ2v) is 5.89. The zero-order chi connectivity index (χ0) is 21.9. The second-order valence-electron chi connectivity index (χ2n) is 5.89. The molecule has 0 saturated carbocycles. The molecule has 1 aromatic carbocycles. The van der Waals surface area contributed by atoms with Crippen LogP contribution < -0.4 is 5.43 Å². The van der Waals surface area contributed by atoms with Crippen LogP contribution in [0.15, 0.2) is 47.7 Å². The van der Waals surface area contributed by atoms with Crippen LogP contribution in [0.1, 0.15) is 11.4 Å². The number of hydrazone groups is 1. The van der Waals surface area contributed by atoms with Crippen LogP contribution in [0.3, 0.4) is 0 Å². The Hall–Kier alpha value is -3.51. The number of hydrogen-bond donors (Lipinski definition) is 1. The van der Waals surface area contributed by atoms with Gasteiger partial charge in [0.25, 0.3) is 0 Å². The van der Waals surface area contributed by atoms with Crippen LogP contribution in [-0.2, 0) is 12.7 Å². The van der Waals surface area contributed by atoms with Crippen molar-refractivity contribution >= 4 is 12.2 Å². The Labute approximate surface area is 164 Å². The summed E-state index contributed by atoms with van der Waals surface area (Å²) < 4.78 is 90.1. The average Bonchev–Trinajstić information content (AvgIpc) is 3.06. The van der Waals surface area contributed by atoms with Gasteiger partial charge in [-0.1, -0.05) is 0 Å². The van der Waals surface area contributed by atoms with E-state index in [4.69, 9.17) is 0 Å². The molecule has 0 atom stereocenters. The Balaban J connectivity index is 1.82. The van der Waals surface area contributed by atoms with Gasteiger partial charge in [0.2, 0.25) is 5.95 Å². The van der Waals surface area contributed by atoms with Gasteiger partial charge in [-0.05, 0) is 36.4 Å². The number of aromatic nitrogens is 4. The Morgan fingerprint density at radius 1 is 1.00 bits per heavy atom. The van der Waals surface area contributed by atoms with Gasteiger partial charge in [0, 0.05) is 11.8 Å². The molecule has 3 rings (SSSR count). The first kappa shape index (κ1) is 21.2. The van der Waals surface area contributed by atoms with E-state index < -0.39 is 36.4 Å². The quantitative estimate of drug-likeness (QED) is 0.366. The fourth-order valence-electron chi connectivity index (χ4n) is 2.29. The Kier molecular flexibility index (Phi) is 5.71. The van der Waals surface area contributed by atoms with Gasteiger partial charge in [0.1, 0.15) is 18.1 Å². The molecule has 0 aliphatic carbocycles. The number of hydrogen-bond acceptors (Lipinski definition) is 5. The van der Waals surface area contributed by atoms with Gasteiger partial charge in [0.05, 0.1) is 11.9 Å². The van der Waals surface area contributed by atoms with Gasteiger partial charge < -0.3 is 0 Å². The highest BCUT2D eigenvalue weighted by molar-refractivity contribution is 5.77. The maximum atomic E-state index is 13.1. The molecule has 2 aromatic heterocycles. The van der Waals surface area contributed by atoms with Crippen LogP contribution in [0.5, 0.6) is 0 Å². The molecular weight excluding hydrogens is 421 g/mol. The Morgan fingerprint density at radius 2 is 1.70 bits per heavy atom. The Morgan fingerprint density at radius 3 is 2.33 bits per heavy atom. The van der Waals surface area contributed by atoms with E-state index in [9.17, 15) is 30.7 Å². The summed E-state index contributed by atoms with van der Waals surface area (Å²) in [5.41, 5.74) is 1.03. The van der Waals surface area contributed by atoms with Gasteiger partial charge in [-0.25, -0.2) is 19.8 Å². The number of nitrogens with one attached hydrogen (secondary N) is 1.